The van der Waals surface area contributed by atoms with Crippen molar-refractivity contribution in [2.75, 3.05) is 18.1 Å². The van der Waals surface area contributed by atoms with Gasteiger partial charge in [-0.3, -0.25) is 9.59 Å². The van der Waals surface area contributed by atoms with Crippen molar-refractivity contribution in [1.82, 2.24) is 5.32 Å². The maximum Gasteiger partial charge on any atom is 0.243 e. The van der Waals surface area contributed by atoms with Gasteiger partial charge < -0.3 is 10.6 Å². The standard InChI is InChI=1S/C17H18N2O4S/c1-24(22,23)15-9-5-8-14(11-15)19-17(21)12-18-16(20)10-13-6-3-2-4-7-13/h2-9,11H,10,12H2,1H3,(H,18,20)(H,19,21). The Bertz CT molecular complexity index is 833. The average molecular weight is 346 g/mol. The molecule has 2 N–H and O–H groups in total. The Morgan fingerprint density at radius 3 is 2.33 bits per heavy atom. The summed E-state index contributed by atoms with van der Waals surface area (Å²) in [7, 11) is -3.34. The molecule has 0 saturated carbocycles. The Labute approximate surface area is 140 Å². The van der Waals surface area contributed by atoms with Crippen LogP contribution >= 0.6 is 0 Å². The van der Waals surface area contributed by atoms with E-state index in [1.165, 1.54) is 12.1 Å². The molecule has 2 rings (SSSR count). The average Bonchev–Trinajstić information content (AvgIpc) is 2.53. The van der Waals surface area contributed by atoms with Crippen molar-refractivity contribution in [3.05, 3.63) is 60.2 Å². The van der Waals surface area contributed by atoms with Crippen LogP contribution in [0.3, 0.4) is 0 Å². The summed E-state index contributed by atoms with van der Waals surface area (Å²) in [5, 5.41) is 5.08. The topological polar surface area (TPSA) is 92.3 Å². The van der Waals surface area contributed by atoms with E-state index in [1.54, 1.807) is 12.1 Å². The first kappa shape index (κ1) is 17.7. The number of carbonyl (C=O) groups is 2. The minimum atomic E-state index is -3.34. The lowest BCUT2D eigenvalue weighted by Gasteiger charge is -2.08. The summed E-state index contributed by atoms with van der Waals surface area (Å²) in [6, 6.07) is 15.1. The fourth-order valence-corrected chi connectivity index (χ4v) is 2.70. The molecule has 0 heterocycles. The quantitative estimate of drug-likeness (QED) is 0.827. The van der Waals surface area contributed by atoms with Gasteiger partial charge in [0.2, 0.25) is 11.8 Å². The summed E-state index contributed by atoms with van der Waals surface area (Å²) in [6.45, 7) is -0.186. The number of anilines is 1. The number of nitrogens with one attached hydrogen (secondary N) is 2. The summed E-state index contributed by atoms with van der Waals surface area (Å²) >= 11 is 0. The van der Waals surface area contributed by atoms with Crippen LogP contribution in [0.4, 0.5) is 5.69 Å². The molecule has 0 aliphatic rings. The van der Waals surface area contributed by atoms with Gasteiger partial charge in [-0.2, -0.15) is 0 Å². The van der Waals surface area contributed by atoms with E-state index < -0.39 is 15.7 Å². The smallest absolute Gasteiger partial charge is 0.243 e. The summed E-state index contributed by atoms with van der Waals surface area (Å²) in [5.74, 6) is -0.691. The molecular weight excluding hydrogens is 328 g/mol. The lowest BCUT2D eigenvalue weighted by molar-refractivity contribution is -0.123. The number of sulfone groups is 1. The van der Waals surface area contributed by atoms with E-state index in [-0.39, 0.29) is 23.8 Å². The third-order valence-electron chi connectivity index (χ3n) is 3.20. The number of hydrogen-bond donors (Lipinski definition) is 2. The van der Waals surface area contributed by atoms with E-state index in [9.17, 15) is 18.0 Å². The molecule has 2 amide bonds. The van der Waals surface area contributed by atoms with Gasteiger partial charge in [-0.25, -0.2) is 8.42 Å². The molecule has 2 aromatic rings. The van der Waals surface area contributed by atoms with Gasteiger partial charge in [-0.15, -0.1) is 0 Å². The molecule has 0 radical (unpaired) electrons. The molecule has 0 aliphatic carbocycles. The molecule has 7 heteroatoms. The minimum absolute atomic E-state index is 0.119. The monoisotopic (exact) mass is 346 g/mol. The van der Waals surface area contributed by atoms with E-state index in [1.807, 2.05) is 30.3 Å². The molecule has 0 bridgehead atoms. The molecule has 0 spiro atoms. The van der Waals surface area contributed by atoms with Crippen molar-refractivity contribution in [2.45, 2.75) is 11.3 Å². The Morgan fingerprint density at radius 2 is 1.67 bits per heavy atom. The lowest BCUT2D eigenvalue weighted by atomic mass is 10.1. The normalized spacial score (nSPS) is 10.9. The van der Waals surface area contributed by atoms with Crippen molar-refractivity contribution >= 4 is 27.3 Å². The van der Waals surface area contributed by atoms with Gasteiger partial charge in [0.25, 0.3) is 0 Å². The largest absolute Gasteiger partial charge is 0.347 e. The second kappa shape index (κ2) is 7.74. The molecule has 0 aliphatic heterocycles. The van der Waals surface area contributed by atoms with Crippen molar-refractivity contribution in [2.24, 2.45) is 0 Å². The van der Waals surface area contributed by atoms with Crippen molar-refractivity contribution in [3.63, 3.8) is 0 Å². The zero-order chi connectivity index (χ0) is 17.6. The van der Waals surface area contributed by atoms with Crippen molar-refractivity contribution in [3.8, 4) is 0 Å². The highest BCUT2D eigenvalue weighted by Crippen LogP contribution is 2.15. The van der Waals surface area contributed by atoms with Crippen LogP contribution in [0, 0.1) is 0 Å². The summed E-state index contributed by atoms with van der Waals surface area (Å²) in [6.07, 6.45) is 1.29. The first-order valence-electron chi connectivity index (χ1n) is 7.25. The summed E-state index contributed by atoms with van der Waals surface area (Å²) in [4.78, 5) is 23.8. The molecule has 0 aromatic heterocycles. The second-order valence-corrected chi connectivity index (χ2v) is 7.30. The summed E-state index contributed by atoms with van der Waals surface area (Å²) < 4.78 is 23.0. The number of benzene rings is 2. The highest BCUT2D eigenvalue weighted by atomic mass is 32.2. The van der Waals surface area contributed by atoms with E-state index in [4.69, 9.17) is 0 Å². The lowest BCUT2D eigenvalue weighted by Crippen LogP contribution is -2.33. The SMILES string of the molecule is CS(=O)(=O)c1cccc(NC(=O)CNC(=O)Cc2ccccc2)c1. The van der Waals surface area contributed by atoms with Crippen LogP contribution in [0.25, 0.3) is 0 Å². The van der Waals surface area contributed by atoms with E-state index >= 15 is 0 Å². The molecule has 24 heavy (non-hydrogen) atoms. The van der Waals surface area contributed by atoms with Crippen molar-refractivity contribution in [1.29, 1.82) is 0 Å². The Balaban J connectivity index is 1.86. The molecule has 126 valence electrons. The molecule has 2 aromatic carbocycles. The Kier molecular flexibility index (Phi) is 5.70. The number of carbonyl (C=O) groups excluding carboxylic acids is 2. The minimum Gasteiger partial charge on any atom is -0.347 e. The van der Waals surface area contributed by atoms with E-state index in [0.717, 1.165) is 11.8 Å². The van der Waals surface area contributed by atoms with E-state index in [2.05, 4.69) is 10.6 Å². The molecule has 0 fully saturated rings. The molecule has 0 saturated heterocycles. The third kappa shape index (κ3) is 5.51. The number of amides is 2. The predicted octanol–water partition coefficient (Wildman–Crippen LogP) is 1.39. The van der Waals surface area contributed by atoms with Gasteiger partial charge >= 0.3 is 0 Å². The molecular formula is C17H18N2O4S. The van der Waals surface area contributed by atoms with Crippen LogP contribution in [-0.2, 0) is 25.8 Å². The van der Waals surface area contributed by atoms with Gasteiger partial charge in [-0.05, 0) is 23.8 Å². The maximum absolute atomic E-state index is 11.9. The van der Waals surface area contributed by atoms with Gasteiger partial charge in [0.15, 0.2) is 9.84 Å². The predicted molar refractivity (Wildman–Crippen MR) is 91.3 cm³/mol. The number of rotatable bonds is 6. The Hall–Kier alpha value is -2.67. The molecule has 0 unspecified atom stereocenters. The zero-order valence-corrected chi connectivity index (χ0v) is 14.0. The van der Waals surface area contributed by atoms with Gasteiger partial charge in [0, 0.05) is 11.9 Å². The van der Waals surface area contributed by atoms with Gasteiger partial charge in [-0.1, -0.05) is 36.4 Å². The van der Waals surface area contributed by atoms with Crippen LogP contribution in [0.1, 0.15) is 5.56 Å². The van der Waals surface area contributed by atoms with Crippen LogP contribution < -0.4 is 10.6 Å². The van der Waals surface area contributed by atoms with E-state index in [0.29, 0.717) is 5.69 Å². The fourth-order valence-electron chi connectivity index (χ4n) is 2.03. The van der Waals surface area contributed by atoms with Gasteiger partial charge in [0.1, 0.15) is 0 Å². The van der Waals surface area contributed by atoms with Crippen LogP contribution in [0.5, 0.6) is 0 Å². The maximum atomic E-state index is 11.9. The van der Waals surface area contributed by atoms with Crippen molar-refractivity contribution < 1.29 is 18.0 Å². The molecule has 0 atom stereocenters. The fraction of sp³-hybridized carbons (Fsp3) is 0.176. The molecule has 6 nitrogen and oxygen atoms in total. The first-order valence-corrected chi connectivity index (χ1v) is 9.14. The summed E-state index contributed by atoms with van der Waals surface area (Å²) in [5.41, 5.74) is 1.22. The second-order valence-electron chi connectivity index (χ2n) is 5.29. The third-order valence-corrected chi connectivity index (χ3v) is 4.31. The van der Waals surface area contributed by atoms with Gasteiger partial charge in [0.05, 0.1) is 17.9 Å². The van der Waals surface area contributed by atoms with Crippen LogP contribution in [-0.4, -0.2) is 33.0 Å². The highest BCUT2D eigenvalue weighted by molar-refractivity contribution is 7.90. The highest BCUT2D eigenvalue weighted by Gasteiger charge is 2.10. The van der Waals surface area contributed by atoms with Crippen LogP contribution in [0.15, 0.2) is 59.5 Å². The zero-order valence-electron chi connectivity index (χ0n) is 13.2. The number of hydrogen-bond acceptors (Lipinski definition) is 4. The first-order chi connectivity index (χ1) is 11.3. The Morgan fingerprint density at radius 1 is 0.958 bits per heavy atom. The van der Waals surface area contributed by atoms with Crippen LogP contribution in [0.2, 0.25) is 0 Å².